The Hall–Kier alpha value is -1.56. The molecule has 1 N–H and O–H groups in total. The van der Waals surface area contributed by atoms with E-state index in [1.54, 1.807) is 19.1 Å². The number of aliphatic hydroxyl groups is 1. The molecule has 0 aliphatic rings. The van der Waals surface area contributed by atoms with Crippen LogP contribution in [0.2, 0.25) is 10.0 Å². The van der Waals surface area contributed by atoms with E-state index in [1.165, 1.54) is 24.1 Å². The predicted octanol–water partition coefficient (Wildman–Crippen LogP) is 2.66. The monoisotopic (exact) mass is 328 g/mol. The summed E-state index contributed by atoms with van der Waals surface area (Å²) in [7, 11) is 1.41. The van der Waals surface area contributed by atoms with Crippen LogP contribution >= 0.6 is 23.2 Å². The van der Waals surface area contributed by atoms with E-state index in [0.717, 1.165) is 0 Å². The molecule has 1 atom stereocenters. The summed E-state index contributed by atoms with van der Waals surface area (Å²) in [6.07, 6.45) is 0.172. The molecule has 1 unspecified atom stereocenters. The van der Waals surface area contributed by atoms with Gasteiger partial charge in [-0.05, 0) is 19.1 Å². The molecule has 7 heteroatoms. The van der Waals surface area contributed by atoms with Crippen LogP contribution in [0.25, 0.3) is 0 Å². The predicted molar refractivity (Wildman–Crippen MR) is 81.2 cm³/mol. The van der Waals surface area contributed by atoms with Gasteiger partial charge in [0.25, 0.3) is 5.56 Å². The van der Waals surface area contributed by atoms with Crippen molar-refractivity contribution in [2.24, 2.45) is 0 Å². The van der Waals surface area contributed by atoms with E-state index < -0.39 is 11.7 Å². The number of ether oxygens (including phenoxy) is 1. The van der Waals surface area contributed by atoms with E-state index >= 15 is 0 Å². The van der Waals surface area contributed by atoms with Crippen LogP contribution in [0, 0.1) is 0 Å². The fourth-order valence-corrected chi connectivity index (χ4v) is 2.52. The smallest absolute Gasteiger partial charge is 0.276 e. The Bertz CT molecular complexity index is 716. The van der Waals surface area contributed by atoms with E-state index in [2.05, 4.69) is 5.10 Å². The molecule has 0 saturated carbocycles. The fourth-order valence-electron chi connectivity index (χ4n) is 2.01. The Labute approximate surface area is 131 Å². The van der Waals surface area contributed by atoms with Crippen LogP contribution in [-0.4, -0.2) is 22.0 Å². The van der Waals surface area contributed by atoms with Crippen LogP contribution in [0.3, 0.4) is 0 Å². The lowest BCUT2D eigenvalue weighted by Crippen LogP contribution is -2.28. The van der Waals surface area contributed by atoms with E-state index in [-0.39, 0.29) is 16.3 Å². The van der Waals surface area contributed by atoms with Crippen LogP contribution < -0.4 is 10.3 Å². The van der Waals surface area contributed by atoms with Gasteiger partial charge in [0, 0.05) is 22.2 Å². The van der Waals surface area contributed by atoms with E-state index in [0.29, 0.717) is 17.1 Å². The van der Waals surface area contributed by atoms with Gasteiger partial charge in [-0.15, -0.1) is 0 Å². The summed E-state index contributed by atoms with van der Waals surface area (Å²) >= 11 is 11.9. The van der Waals surface area contributed by atoms with Crippen molar-refractivity contribution in [2.75, 3.05) is 7.11 Å². The van der Waals surface area contributed by atoms with Crippen molar-refractivity contribution < 1.29 is 9.84 Å². The molecule has 21 heavy (non-hydrogen) atoms. The van der Waals surface area contributed by atoms with Crippen molar-refractivity contribution >= 4 is 23.2 Å². The molecule has 1 aromatic carbocycles. The zero-order valence-electron chi connectivity index (χ0n) is 11.5. The maximum Gasteiger partial charge on any atom is 0.276 e. The Morgan fingerprint density at radius 3 is 2.71 bits per heavy atom. The van der Waals surface area contributed by atoms with Crippen molar-refractivity contribution in [3.8, 4) is 5.75 Å². The first-order valence-corrected chi connectivity index (χ1v) is 7.02. The summed E-state index contributed by atoms with van der Waals surface area (Å²) < 4.78 is 6.37. The number of aryl methyl sites for hydroxylation is 1. The SMILES string of the molecule is CCn1ncc(OC)c(C(O)c2ccc(Cl)cc2Cl)c1=O. The summed E-state index contributed by atoms with van der Waals surface area (Å²) in [5.41, 5.74) is 0.0549. The van der Waals surface area contributed by atoms with Crippen molar-refractivity contribution in [3.05, 3.63) is 55.9 Å². The Balaban J connectivity index is 2.61. The molecule has 0 fully saturated rings. The second kappa shape index (κ2) is 6.47. The standard InChI is InChI=1S/C14H14Cl2N2O3/c1-3-18-14(20)12(11(21-2)7-17-18)13(19)9-5-4-8(15)6-10(9)16/h4-7,13,19H,3H2,1-2H3. The normalized spacial score (nSPS) is 12.2. The third-order valence-electron chi connectivity index (χ3n) is 3.09. The lowest BCUT2D eigenvalue weighted by Gasteiger charge is -2.16. The summed E-state index contributed by atoms with van der Waals surface area (Å²) in [5, 5.41) is 15.2. The second-order valence-electron chi connectivity index (χ2n) is 4.32. The van der Waals surface area contributed by atoms with Gasteiger partial charge in [-0.25, -0.2) is 4.68 Å². The molecule has 0 amide bonds. The minimum atomic E-state index is -1.22. The minimum absolute atomic E-state index is 0.0959. The number of aliphatic hydroxyl groups excluding tert-OH is 1. The number of hydrogen-bond donors (Lipinski definition) is 1. The number of hydrogen-bond acceptors (Lipinski definition) is 4. The maximum absolute atomic E-state index is 12.4. The average Bonchev–Trinajstić information content (AvgIpc) is 2.46. The topological polar surface area (TPSA) is 64.3 Å². The highest BCUT2D eigenvalue weighted by Gasteiger charge is 2.23. The highest BCUT2D eigenvalue weighted by molar-refractivity contribution is 6.35. The molecule has 0 saturated heterocycles. The van der Waals surface area contributed by atoms with E-state index in [9.17, 15) is 9.90 Å². The summed E-state index contributed by atoms with van der Waals surface area (Å²) in [4.78, 5) is 12.4. The number of halogens is 2. The molecule has 1 aromatic heterocycles. The molecule has 2 rings (SSSR count). The number of nitrogens with zero attached hydrogens (tertiary/aromatic N) is 2. The van der Waals surface area contributed by atoms with Gasteiger partial charge in [-0.1, -0.05) is 29.3 Å². The molecular formula is C14H14Cl2N2O3. The number of aromatic nitrogens is 2. The average molecular weight is 329 g/mol. The van der Waals surface area contributed by atoms with Crippen LogP contribution in [0.1, 0.15) is 24.2 Å². The summed E-state index contributed by atoms with van der Waals surface area (Å²) in [6.45, 7) is 2.17. The highest BCUT2D eigenvalue weighted by Crippen LogP contribution is 2.32. The van der Waals surface area contributed by atoms with Gasteiger partial charge < -0.3 is 9.84 Å². The lowest BCUT2D eigenvalue weighted by atomic mass is 10.0. The molecule has 5 nitrogen and oxygen atoms in total. The molecule has 0 bridgehead atoms. The van der Waals surface area contributed by atoms with Crippen LogP contribution in [0.15, 0.2) is 29.2 Å². The number of methoxy groups -OCH3 is 1. The van der Waals surface area contributed by atoms with Gasteiger partial charge in [-0.3, -0.25) is 4.79 Å². The molecule has 0 aliphatic carbocycles. The summed E-state index contributed by atoms with van der Waals surface area (Å²) in [5.74, 6) is 0.211. The first-order chi connectivity index (χ1) is 9.99. The molecule has 0 aliphatic heterocycles. The quantitative estimate of drug-likeness (QED) is 0.937. The summed E-state index contributed by atoms with van der Waals surface area (Å²) in [6, 6.07) is 4.68. The number of rotatable bonds is 4. The van der Waals surface area contributed by atoms with Gasteiger partial charge in [-0.2, -0.15) is 5.10 Å². The zero-order chi connectivity index (χ0) is 15.6. The Morgan fingerprint density at radius 1 is 1.43 bits per heavy atom. The van der Waals surface area contributed by atoms with Crippen LogP contribution in [-0.2, 0) is 6.54 Å². The third kappa shape index (κ3) is 3.05. The van der Waals surface area contributed by atoms with Gasteiger partial charge >= 0.3 is 0 Å². The Kier molecular flexibility index (Phi) is 4.88. The van der Waals surface area contributed by atoms with Crippen LogP contribution in [0.4, 0.5) is 0 Å². The van der Waals surface area contributed by atoms with Crippen molar-refractivity contribution in [1.82, 2.24) is 9.78 Å². The highest BCUT2D eigenvalue weighted by atomic mass is 35.5. The van der Waals surface area contributed by atoms with Crippen molar-refractivity contribution in [3.63, 3.8) is 0 Å². The number of benzene rings is 1. The van der Waals surface area contributed by atoms with E-state index in [4.69, 9.17) is 27.9 Å². The van der Waals surface area contributed by atoms with Gasteiger partial charge in [0.2, 0.25) is 0 Å². The lowest BCUT2D eigenvalue weighted by molar-refractivity contribution is 0.211. The largest absolute Gasteiger partial charge is 0.494 e. The molecule has 0 radical (unpaired) electrons. The van der Waals surface area contributed by atoms with Crippen molar-refractivity contribution in [2.45, 2.75) is 19.6 Å². The minimum Gasteiger partial charge on any atom is -0.494 e. The van der Waals surface area contributed by atoms with Gasteiger partial charge in [0.05, 0.1) is 18.9 Å². The first-order valence-electron chi connectivity index (χ1n) is 6.26. The second-order valence-corrected chi connectivity index (χ2v) is 5.16. The molecule has 2 aromatic rings. The molecule has 1 heterocycles. The van der Waals surface area contributed by atoms with Crippen LogP contribution in [0.5, 0.6) is 5.75 Å². The van der Waals surface area contributed by atoms with Crippen molar-refractivity contribution in [1.29, 1.82) is 0 Å². The van der Waals surface area contributed by atoms with Gasteiger partial charge in [0.1, 0.15) is 6.10 Å². The maximum atomic E-state index is 12.4. The third-order valence-corrected chi connectivity index (χ3v) is 3.66. The molecule has 0 spiro atoms. The van der Waals surface area contributed by atoms with E-state index in [1.807, 2.05) is 0 Å². The first kappa shape index (κ1) is 15.8. The zero-order valence-corrected chi connectivity index (χ0v) is 13.0. The Morgan fingerprint density at radius 2 is 2.14 bits per heavy atom. The molecular weight excluding hydrogens is 315 g/mol. The van der Waals surface area contributed by atoms with Gasteiger partial charge in [0.15, 0.2) is 5.75 Å². The molecule has 112 valence electrons. The fraction of sp³-hybridized carbons (Fsp3) is 0.286.